The lowest BCUT2D eigenvalue weighted by atomic mass is 10.5. The Morgan fingerprint density at radius 3 is 2.56 bits per heavy atom. The van der Waals surface area contributed by atoms with Crippen molar-refractivity contribution in [2.24, 2.45) is 0 Å². The molecule has 1 rings (SSSR count). The van der Waals surface area contributed by atoms with E-state index in [4.69, 9.17) is 0 Å². The highest BCUT2D eigenvalue weighted by Crippen LogP contribution is 1.87. The Bertz CT molecular complexity index is 218. The molecule has 46 valence electrons. The normalized spacial score (nSPS) is 18.0. The Labute approximate surface area is 49.9 Å². The summed E-state index contributed by atoms with van der Waals surface area (Å²) in [5.74, 6) is -0.848. The molecule has 0 aromatic heterocycles. The molecular formula is C4H3N2O3+. The highest BCUT2D eigenvalue weighted by molar-refractivity contribution is 5.90. The van der Waals surface area contributed by atoms with E-state index in [1.807, 2.05) is 5.32 Å². The van der Waals surface area contributed by atoms with Gasteiger partial charge in [-0.2, -0.15) is 4.79 Å². The first-order valence-electron chi connectivity index (χ1n) is 2.20. The van der Waals surface area contributed by atoms with E-state index in [2.05, 4.69) is 0 Å². The largest absolute Gasteiger partial charge is 0.542 e. The second-order valence-electron chi connectivity index (χ2n) is 1.42. The summed E-state index contributed by atoms with van der Waals surface area (Å²) in [5, 5.41) is 2.04. The van der Waals surface area contributed by atoms with E-state index in [0.717, 1.165) is 12.3 Å². The zero-order valence-corrected chi connectivity index (χ0v) is 4.33. The Hall–Kier alpha value is -1.52. The molecule has 0 aliphatic carbocycles. The van der Waals surface area contributed by atoms with Crippen LogP contribution in [0.5, 0.6) is 0 Å². The SMILES string of the molecule is O=C1C=CNC(=O)[N+]1=O. The first-order chi connectivity index (χ1) is 4.22. The van der Waals surface area contributed by atoms with Gasteiger partial charge in [0.2, 0.25) is 0 Å². The number of hydrogen-bond acceptors (Lipinski definition) is 3. The minimum absolute atomic E-state index is 0.250. The highest BCUT2D eigenvalue weighted by atomic mass is 16.3. The summed E-state index contributed by atoms with van der Waals surface area (Å²) in [6, 6.07) is -0.942. The second kappa shape index (κ2) is 1.77. The Morgan fingerprint density at radius 2 is 2.11 bits per heavy atom. The number of nitroso groups, excluding NO2 is 1. The third-order valence-electron chi connectivity index (χ3n) is 0.817. The summed E-state index contributed by atoms with van der Waals surface area (Å²) >= 11 is 0. The van der Waals surface area contributed by atoms with Crippen LogP contribution in [0.3, 0.4) is 0 Å². The van der Waals surface area contributed by atoms with Gasteiger partial charge in [-0.3, -0.25) is 0 Å². The number of rotatable bonds is 0. The monoisotopic (exact) mass is 127 g/mol. The highest BCUT2D eigenvalue weighted by Gasteiger charge is 2.28. The van der Waals surface area contributed by atoms with Crippen molar-refractivity contribution in [1.82, 2.24) is 5.32 Å². The molecule has 5 heteroatoms. The summed E-state index contributed by atoms with van der Waals surface area (Å²) in [7, 11) is 0. The predicted octanol–water partition coefficient (Wildman–Crippen LogP) is -0.471. The van der Waals surface area contributed by atoms with Crippen LogP contribution in [0, 0.1) is 4.91 Å². The van der Waals surface area contributed by atoms with E-state index in [1.165, 1.54) is 0 Å². The average molecular weight is 127 g/mol. The third-order valence-corrected chi connectivity index (χ3v) is 0.817. The molecule has 0 bridgehead atoms. The van der Waals surface area contributed by atoms with Crippen molar-refractivity contribution in [3.8, 4) is 0 Å². The maximum Gasteiger partial charge on any atom is 0.542 e. The molecule has 0 atom stereocenters. The van der Waals surface area contributed by atoms with E-state index < -0.39 is 11.9 Å². The summed E-state index contributed by atoms with van der Waals surface area (Å²) < 4.78 is -0.250. The maximum absolute atomic E-state index is 10.3. The van der Waals surface area contributed by atoms with Crippen molar-refractivity contribution in [3.63, 3.8) is 0 Å². The third kappa shape index (κ3) is 0.835. The van der Waals surface area contributed by atoms with Crippen molar-refractivity contribution in [3.05, 3.63) is 17.2 Å². The lowest BCUT2D eigenvalue weighted by molar-refractivity contribution is -0.373. The first-order valence-corrected chi connectivity index (χ1v) is 2.20. The summed E-state index contributed by atoms with van der Waals surface area (Å²) in [6.07, 6.45) is 2.10. The van der Waals surface area contributed by atoms with Gasteiger partial charge in [-0.05, 0) is 0 Å². The molecule has 1 N–H and O–H groups in total. The molecule has 0 aromatic rings. The summed E-state index contributed by atoms with van der Waals surface area (Å²) in [6.45, 7) is 0. The van der Waals surface area contributed by atoms with Gasteiger partial charge in [0.15, 0.2) is 0 Å². The molecule has 0 fully saturated rings. The van der Waals surface area contributed by atoms with E-state index in [0.29, 0.717) is 0 Å². The lowest BCUT2D eigenvalue weighted by Gasteiger charge is -1.91. The molecule has 0 aromatic carbocycles. The van der Waals surface area contributed by atoms with Gasteiger partial charge in [-0.25, -0.2) is 10.1 Å². The number of imide groups is 1. The van der Waals surface area contributed by atoms with Crippen LogP contribution >= 0.6 is 0 Å². The molecule has 0 unspecified atom stereocenters. The van der Waals surface area contributed by atoms with Gasteiger partial charge in [-0.1, -0.05) is 4.91 Å². The molecular weight excluding hydrogens is 124 g/mol. The molecule has 3 amide bonds. The Kier molecular flexibility index (Phi) is 1.11. The predicted molar refractivity (Wildman–Crippen MR) is 26.3 cm³/mol. The molecule has 0 saturated carbocycles. The van der Waals surface area contributed by atoms with Gasteiger partial charge in [0.25, 0.3) is 0 Å². The Balaban J connectivity index is 2.94. The van der Waals surface area contributed by atoms with Crippen LogP contribution < -0.4 is 5.32 Å². The van der Waals surface area contributed by atoms with E-state index in [-0.39, 0.29) is 4.76 Å². The van der Waals surface area contributed by atoms with Gasteiger partial charge in [0.05, 0.1) is 17.0 Å². The maximum atomic E-state index is 10.3. The van der Waals surface area contributed by atoms with E-state index >= 15 is 0 Å². The van der Waals surface area contributed by atoms with Gasteiger partial charge in [0.1, 0.15) is 0 Å². The van der Waals surface area contributed by atoms with Gasteiger partial charge < -0.3 is 0 Å². The van der Waals surface area contributed by atoms with Crippen molar-refractivity contribution in [1.29, 1.82) is 0 Å². The van der Waals surface area contributed by atoms with Crippen LogP contribution in [0.1, 0.15) is 0 Å². The van der Waals surface area contributed by atoms with Crippen LogP contribution in [0.2, 0.25) is 0 Å². The topological polar surface area (TPSA) is 66.2 Å². The second-order valence-corrected chi connectivity index (χ2v) is 1.42. The van der Waals surface area contributed by atoms with Crippen LogP contribution in [0.25, 0.3) is 0 Å². The molecule has 9 heavy (non-hydrogen) atoms. The van der Waals surface area contributed by atoms with Gasteiger partial charge in [0, 0.05) is 0 Å². The number of amides is 3. The molecule has 0 radical (unpaired) electrons. The molecule has 0 saturated heterocycles. The van der Waals surface area contributed by atoms with Crippen LogP contribution in [-0.4, -0.2) is 16.7 Å². The minimum atomic E-state index is -0.942. The zero-order chi connectivity index (χ0) is 6.85. The van der Waals surface area contributed by atoms with Crippen LogP contribution in [0.15, 0.2) is 12.3 Å². The number of nitrogens with zero attached hydrogens (tertiary/aromatic N) is 1. The smallest absolute Gasteiger partial charge is 0.237 e. The minimum Gasteiger partial charge on any atom is -0.237 e. The lowest BCUT2D eigenvalue weighted by Crippen LogP contribution is -2.35. The number of nitrogens with one attached hydrogen (secondary N) is 1. The molecule has 5 nitrogen and oxygen atoms in total. The first kappa shape index (κ1) is 5.61. The standard InChI is InChI=1S/C4H2N2O3/c7-3-1-2-5-4(8)6(3)9/h1-2H/p+1. The fourth-order valence-electron chi connectivity index (χ4n) is 0.411. The van der Waals surface area contributed by atoms with Crippen LogP contribution in [-0.2, 0) is 4.79 Å². The number of carbonyl (C=O) groups is 2. The van der Waals surface area contributed by atoms with E-state index in [9.17, 15) is 14.5 Å². The average Bonchev–Trinajstić information content (AvgIpc) is 1.83. The number of carbonyl (C=O) groups excluding carboxylic acids is 2. The van der Waals surface area contributed by atoms with Crippen molar-refractivity contribution in [2.45, 2.75) is 0 Å². The summed E-state index contributed by atoms with van der Waals surface area (Å²) in [5.41, 5.74) is 0. The van der Waals surface area contributed by atoms with Gasteiger partial charge in [-0.15, -0.1) is 0 Å². The fraction of sp³-hybridized carbons (Fsp3) is 0. The molecule has 1 heterocycles. The fourth-order valence-corrected chi connectivity index (χ4v) is 0.411. The van der Waals surface area contributed by atoms with Crippen molar-refractivity contribution in [2.75, 3.05) is 0 Å². The molecule has 1 aliphatic rings. The Morgan fingerprint density at radius 1 is 1.44 bits per heavy atom. The number of hydrogen-bond donors (Lipinski definition) is 1. The molecule has 1 aliphatic heterocycles. The van der Waals surface area contributed by atoms with Crippen molar-refractivity contribution < 1.29 is 14.3 Å². The number of urea groups is 1. The quantitative estimate of drug-likeness (QED) is 0.447. The van der Waals surface area contributed by atoms with Crippen LogP contribution in [0.4, 0.5) is 4.79 Å². The van der Waals surface area contributed by atoms with E-state index in [1.54, 1.807) is 0 Å². The molecule has 0 spiro atoms. The zero-order valence-electron chi connectivity index (χ0n) is 4.33. The summed E-state index contributed by atoms with van der Waals surface area (Å²) in [4.78, 5) is 30.7. The van der Waals surface area contributed by atoms with Gasteiger partial charge >= 0.3 is 11.9 Å². The van der Waals surface area contributed by atoms with Crippen molar-refractivity contribution >= 4 is 11.9 Å².